The number of hydrogen-bond donors (Lipinski definition) is 3. The van der Waals surface area contributed by atoms with E-state index in [0.29, 0.717) is 39.7 Å². The predicted octanol–water partition coefficient (Wildman–Crippen LogP) is 9.50. The molecule has 5 aromatic carbocycles. The number of amides is 3. The van der Waals surface area contributed by atoms with Crippen LogP contribution in [-0.2, 0) is 33.8 Å². The highest BCUT2D eigenvalue weighted by molar-refractivity contribution is 8.00. The molecule has 3 amide bonds. The summed E-state index contributed by atoms with van der Waals surface area (Å²) in [7, 11) is 0. The summed E-state index contributed by atoms with van der Waals surface area (Å²) >= 11 is 2.68. The van der Waals surface area contributed by atoms with Gasteiger partial charge < -0.3 is 20.7 Å². The molecule has 1 unspecified atom stereocenters. The summed E-state index contributed by atoms with van der Waals surface area (Å²) in [5.41, 5.74) is 3.91. The fourth-order valence-corrected chi connectivity index (χ4v) is 9.05. The molecule has 7 rings (SSSR count). The van der Waals surface area contributed by atoms with E-state index in [2.05, 4.69) is 33.0 Å². The van der Waals surface area contributed by atoms with Crippen LogP contribution in [-0.4, -0.2) is 41.7 Å². The first-order valence-electron chi connectivity index (χ1n) is 19.1. The number of nitrogens with zero attached hydrogens (tertiary/aromatic N) is 1. The number of anilines is 2. The average Bonchev–Trinajstić information content (AvgIpc) is 3.61. The minimum absolute atomic E-state index is 0.120. The molecule has 0 saturated heterocycles. The van der Waals surface area contributed by atoms with Gasteiger partial charge in [0.05, 0.1) is 12.2 Å². The monoisotopic (exact) mass is 824 g/mol. The van der Waals surface area contributed by atoms with E-state index in [-0.39, 0.29) is 23.8 Å². The van der Waals surface area contributed by atoms with Crippen LogP contribution in [0.5, 0.6) is 0 Å². The number of hydrogen-bond acceptors (Lipinski definition) is 8. The van der Waals surface area contributed by atoms with E-state index < -0.39 is 28.9 Å². The van der Waals surface area contributed by atoms with Crippen molar-refractivity contribution in [3.8, 4) is 0 Å². The van der Waals surface area contributed by atoms with Crippen molar-refractivity contribution in [1.82, 2.24) is 10.2 Å². The second-order valence-electron chi connectivity index (χ2n) is 13.7. The van der Waals surface area contributed by atoms with Crippen molar-refractivity contribution in [2.75, 3.05) is 23.8 Å². The molecule has 0 spiro atoms. The molecule has 0 saturated carbocycles. The van der Waals surface area contributed by atoms with Crippen molar-refractivity contribution in [3.05, 3.63) is 189 Å². The molecule has 298 valence electrons. The number of nitrogens with one attached hydrogen (secondary N) is 3. The molecule has 2 heterocycles. The second-order valence-corrected chi connectivity index (χ2v) is 15.9. The number of thioether (sulfide) groups is 1. The molecule has 1 atom stereocenters. The Bertz CT molecular complexity index is 2480. The highest BCUT2D eigenvalue weighted by Gasteiger charge is 2.32. The molecule has 3 N–H and O–H groups in total. The molecular weight excluding hydrogens is 784 g/mol. The lowest BCUT2D eigenvalue weighted by Crippen LogP contribution is -2.30. The molecule has 0 radical (unpaired) electrons. The van der Waals surface area contributed by atoms with Crippen LogP contribution in [0, 0.1) is 5.82 Å². The lowest BCUT2D eigenvalue weighted by molar-refractivity contribution is -0.116. The maximum absolute atomic E-state index is 14.7. The van der Waals surface area contributed by atoms with Gasteiger partial charge in [-0.05, 0) is 72.5 Å². The Morgan fingerprint density at radius 3 is 2.27 bits per heavy atom. The van der Waals surface area contributed by atoms with E-state index >= 15 is 0 Å². The molecule has 59 heavy (non-hydrogen) atoms. The summed E-state index contributed by atoms with van der Waals surface area (Å²) in [6.07, 6.45) is 1.93. The van der Waals surface area contributed by atoms with Crippen molar-refractivity contribution in [3.63, 3.8) is 0 Å². The van der Waals surface area contributed by atoms with Crippen LogP contribution in [0.2, 0.25) is 0 Å². The Morgan fingerprint density at radius 1 is 0.847 bits per heavy atom. The van der Waals surface area contributed by atoms with Gasteiger partial charge in [0.25, 0.3) is 11.8 Å². The smallest absolute Gasteiger partial charge is 0.341 e. The third-order valence-corrected chi connectivity index (χ3v) is 11.9. The lowest BCUT2D eigenvalue weighted by atomic mass is 10.0. The molecule has 1 aliphatic rings. The van der Waals surface area contributed by atoms with Gasteiger partial charge in [0.15, 0.2) is 0 Å². The number of fused-ring (bicyclic) bond motifs is 1. The van der Waals surface area contributed by atoms with Gasteiger partial charge >= 0.3 is 5.97 Å². The van der Waals surface area contributed by atoms with Gasteiger partial charge in [-0.3, -0.25) is 19.3 Å². The number of thiophene rings is 1. The van der Waals surface area contributed by atoms with Crippen molar-refractivity contribution in [2.24, 2.45) is 0 Å². The Hall–Kier alpha value is -6.34. The summed E-state index contributed by atoms with van der Waals surface area (Å²) in [5.74, 6) is -2.57. The quantitative estimate of drug-likeness (QED) is 0.0570. The number of esters is 1. The lowest BCUT2D eigenvalue weighted by Gasteiger charge is -2.27. The summed E-state index contributed by atoms with van der Waals surface area (Å²) in [4.78, 5) is 58.7. The third-order valence-electron chi connectivity index (χ3n) is 9.52. The van der Waals surface area contributed by atoms with Crippen LogP contribution < -0.4 is 16.0 Å². The largest absolute Gasteiger partial charge is 0.462 e. The normalized spacial score (nSPS) is 13.2. The number of carbonyl (C=O) groups excluding carboxylic acids is 4. The van der Waals surface area contributed by atoms with E-state index in [9.17, 15) is 23.6 Å². The standard InChI is InChI=1S/C47H41FN4O5S2/c1-2-57-47(56)41-37-25-26-52(29-31-15-6-3-7-16-31)30-40(37)59-46(41)51-45(55)42(32-17-8-4-9-18-32)58-36-23-14-22-35(28-36)49-44(54)39(27-34-21-12-13-24-38(34)48)50-43(53)33-19-10-5-11-20-33/h3-24,27-28,42H,2,25-26,29-30H2,1H3,(H,49,54)(H,50,53)(H,51,55)/b39-27-. The van der Waals surface area contributed by atoms with Gasteiger partial charge in [-0.25, -0.2) is 9.18 Å². The van der Waals surface area contributed by atoms with E-state index in [1.807, 2.05) is 54.6 Å². The third kappa shape index (κ3) is 10.4. The van der Waals surface area contributed by atoms with Gasteiger partial charge in [-0.1, -0.05) is 103 Å². The highest BCUT2D eigenvalue weighted by Crippen LogP contribution is 2.41. The molecule has 1 aromatic heterocycles. The molecule has 6 aromatic rings. The molecule has 0 aliphatic carbocycles. The Kier molecular flexibility index (Phi) is 13.4. The van der Waals surface area contributed by atoms with Crippen LogP contribution in [0.4, 0.5) is 15.1 Å². The number of rotatable bonds is 14. The Balaban J connectivity index is 1.12. The topological polar surface area (TPSA) is 117 Å². The number of halogens is 1. The van der Waals surface area contributed by atoms with Gasteiger partial charge in [-0.15, -0.1) is 23.1 Å². The Morgan fingerprint density at radius 2 is 1.54 bits per heavy atom. The zero-order valence-electron chi connectivity index (χ0n) is 32.2. The van der Waals surface area contributed by atoms with E-state index in [0.717, 1.165) is 29.1 Å². The molecule has 1 aliphatic heterocycles. The number of ether oxygens (including phenoxy) is 1. The van der Waals surface area contributed by atoms with Crippen LogP contribution in [0.25, 0.3) is 6.08 Å². The average molecular weight is 825 g/mol. The zero-order chi connectivity index (χ0) is 41.1. The summed E-state index contributed by atoms with van der Waals surface area (Å²) in [6.45, 7) is 4.13. The minimum atomic E-state index is -0.757. The van der Waals surface area contributed by atoms with Gasteiger partial charge in [0, 0.05) is 46.2 Å². The van der Waals surface area contributed by atoms with Gasteiger partial charge in [-0.2, -0.15) is 0 Å². The minimum Gasteiger partial charge on any atom is -0.462 e. The first-order chi connectivity index (χ1) is 28.7. The second kappa shape index (κ2) is 19.4. The number of benzene rings is 5. The molecule has 12 heteroatoms. The highest BCUT2D eigenvalue weighted by atomic mass is 32.2. The fraction of sp³-hybridized carbons (Fsp3) is 0.149. The SMILES string of the molecule is CCOC(=O)c1c(NC(=O)C(Sc2cccc(NC(=O)/C(=C/c3ccccc3F)NC(=O)c3ccccc3)c2)c2ccccc2)sc2c1CCN(Cc1ccccc1)C2. The molecular formula is C47H41FN4O5S2. The molecule has 0 bridgehead atoms. The van der Waals surface area contributed by atoms with Crippen molar-refractivity contribution in [2.45, 2.75) is 36.6 Å². The van der Waals surface area contributed by atoms with E-state index in [4.69, 9.17) is 4.74 Å². The summed E-state index contributed by atoms with van der Waals surface area (Å²) in [6, 6.07) is 40.9. The van der Waals surface area contributed by atoms with Crippen molar-refractivity contribution < 1.29 is 28.3 Å². The first-order valence-corrected chi connectivity index (χ1v) is 20.8. The van der Waals surface area contributed by atoms with Gasteiger partial charge in [0.2, 0.25) is 5.91 Å². The van der Waals surface area contributed by atoms with Gasteiger partial charge in [0.1, 0.15) is 21.8 Å². The molecule has 0 fully saturated rings. The zero-order valence-corrected chi connectivity index (χ0v) is 33.8. The maximum atomic E-state index is 14.7. The summed E-state index contributed by atoms with van der Waals surface area (Å²) in [5, 5.41) is 8.26. The number of carbonyl (C=O) groups is 4. The van der Waals surface area contributed by atoms with E-state index in [1.54, 1.807) is 61.5 Å². The predicted molar refractivity (Wildman–Crippen MR) is 232 cm³/mol. The summed E-state index contributed by atoms with van der Waals surface area (Å²) < 4.78 is 20.2. The Labute approximate surface area is 350 Å². The van der Waals surface area contributed by atoms with Crippen molar-refractivity contribution in [1.29, 1.82) is 0 Å². The fourth-order valence-electron chi connectivity index (χ4n) is 6.69. The van der Waals surface area contributed by atoms with Crippen LogP contribution >= 0.6 is 23.1 Å². The maximum Gasteiger partial charge on any atom is 0.341 e. The van der Waals surface area contributed by atoms with Crippen LogP contribution in [0.1, 0.15) is 60.0 Å². The van der Waals surface area contributed by atoms with E-state index in [1.165, 1.54) is 52.9 Å². The van der Waals surface area contributed by atoms with Crippen molar-refractivity contribution >= 4 is 63.6 Å². The molecule has 9 nitrogen and oxygen atoms in total. The van der Waals surface area contributed by atoms with Crippen LogP contribution in [0.3, 0.4) is 0 Å². The van der Waals surface area contributed by atoms with Crippen LogP contribution in [0.15, 0.2) is 150 Å². The first kappa shape index (κ1) is 40.8.